The van der Waals surface area contributed by atoms with Crippen molar-refractivity contribution in [1.29, 1.82) is 0 Å². The van der Waals surface area contributed by atoms with Crippen LogP contribution in [0, 0.1) is 0 Å². The molecule has 21 nitrogen and oxygen atoms in total. The lowest BCUT2D eigenvalue weighted by Gasteiger charge is -2.38. The molecule has 21 heteroatoms. The second-order valence-corrected chi connectivity index (χ2v) is 19.3. The zero-order valence-electron chi connectivity index (χ0n) is 41.0. The minimum absolute atomic E-state index is 0.0281. The molecule has 5 aliphatic rings. The average Bonchev–Trinajstić information content (AvgIpc) is 3.99. The first-order chi connectivity index (χ1) is 35.4. The second kappa shape index (κ2) is 21.6. The maximum Gasteiger partial charge on any atom is 0.266 e. The molecule has 3 aromatic carbocycles. The highest BCUT2D eigenvalue weighted by Gasteiger charge is 2.46. The number of fused-ring (bicyclic) bond motifs is 1. The van der Waals surface area contributed by atoms with Crippen LogP contribution in [0.15, 0.2) is 79.0 Å². The number of hydrogen-bond donors (Lipinski definition) is 3. The lowest BCUT2D eigenvalue weighted by Crippen LogP contribution is -2.54. The van der Waals surface area contributed by atoms with E-state index in [2.05, 4.69) is 69.7 Å². The number of piperidine rings is 2. The fourth-order valence-electron chi connectivity index (χ4n) is 10.4. The molecule has 0 saturated carbocycles. The number of anilines is 3. The Morgan fingerprint density at radius 1 is 0.781 bits per heavy atom. The molecule has 4 fully saturated rings. The largest absolute Gasteiger partial charge is 0.507 e. The predicted molar refractivity (Wildman–Crippen MR) is 269 cm³/mol. The molecule has 382 valence electrons. The Hall–Kier alpha value is -7.65. The number of benzene rings is 3. The van der Waals surface area contributed by atoms with E-state index in [1.165, 1.54) is 11.8 Å². The number of carbonyl (C=O) groups excluding carboxylic acids is 5. The Labute approximate surface area is 422 Å². The number of aromatic nitrogens is 5. The molecular weight excluding hydrogens is 935 g/mol. The summed E-state index contributed by atoms with van der Waals surface area (Å²) < 4.78 is 14.2. The quantitative estimate of drug-likeness (QED) is 0.120. The van der Waals surface area contributed by atoms with Gasteiger partial charge in [0.25, 0.3) is 11.8 Å². The van der Waals surface area contributed by atoms with Crippen molar-refractivity contribution in [2.45, 2.75) is 70.2 Å². The third-order valence-electron chi connectivity index (χ3n) is 14.5. The minimum atomic E-state index is -1.08. The molecule has 4 saturated heterocycles. The molecule has 3 atom stereocenters. The van der Waals surface area contributed by atoms with Gasteiger partial charge < -0.3 is 35.0 Å². The summed E-state index contributed by atoms with van der Waals surface area (Å²) in [7, 11) is 0. The molecule has 4 N–H and O–H groups in total. The molecule has 5 aliphatic heterocycles. The van der Waals surface area contributed by atoms with Gasteiger partial charge >= 0.3 is 0 Å². The zero-order valence-corrected chi connectivity index (χ0v) is 41.0. The van der Waals surface area contributed by atoms with Gasteiger partial charge in [-0.25, -0.2) is 0 Å². The average molecular weight is 996 g/mol. The van der Waals surface area contributed by atoms with E-state index in [1.54, 1.807) is 54.2 Å². The van der Waals surface area contributed by atoms with Gasteiger partial charge in [0.15, 0.2) is 11.6 Å². The number of nitrogens with two attached hydrogens (primary N) is 1. The van der Waals surface area contributed by atoms with Gasteiger partial charge in [-0.1, -0.05) is 23.4 Å². The molecule has 5 amide bonds. The second-order valence-electron chi connectivity index (χ2n) is 19.3. The highest BCUT2D eigenvalue weighted by Crippen LogP contribution is 2.36. The summed E-state index contributed by atoms with van der Waals surface area (Å²) in [4.78, 5) is 76.9. The zero-order chi connectivity index (χ0) is 50.6. The highest BCUT2D eigenvalue weighted by atomic mass is 16.5. The highest BCUT2D eigenvalue weighted by molar-refractivity contribution is 6.24. The Morgan fingerprint density at radius 3 is 2.23 bits per heavy atom. The van der Waals surface area contributed by atoms with E-state index >= 15 is 0 Å². The SMILES string of the molecule is CC(Oc1cccc2c1C(=O)N(C1CCC(=O)NC1=O)C2=O)c1cn(CCC(=O)N2CCN(CCCN3CCN(c4ccc(N5CCC[C@H](Oc6cc(-c7ccccc7O)nnc6N)C5)cc4)CC3)CC2)nn1. The van der Waals surface area contributed by atoms with Crippen molar-refractivity contribution in [1.82, 2.24) is 50.1 Å². The van der Waals surface area contributed by atoms with Crippen molar-refractivity contribution in [2.75, 3.05) is 94.1 Å². The number of nitrogens with zero attached hydrogens (tertiary/aromatic N) is 11. The van der Waals surface area contributed by atoms with E-state index in [1.807, 2.05) is 11.0 Å². The normalized spacial score (nSPS) is 20.3. The fraction of sp³-hybridized carbons (Fsp3) is 0.442. The first kappa shape index (κ1) is 49.0. The van der Waals surface area contributed by atoms with E-state index in [9.17, 15) is 29.1 Å². The Balaban J connectivity index is 0.614. The molecule has 2 unspecified atom stereocenters. The van der Waals surface area contributed by atoms with Crippen LogP contribution in [0.2, 0.25) is 0 Å². The summed E-state index contributed by atoms with van der Waals surface area (Å²) >= 11 is 0. The molecule has 7 heterocycles. The standard InChI is InChI=1S/C52H61N13O8/c1-34(72-44-11-4-9-39-48(44)52(71)65(51(39)70)42-16-17-46(67)54-50(42)69)41-33-64(58-56-41)22-18-47(68)62-29-25-60(26-30-62)20-6-19-59-23-27-61(28-24-59)35-12-14-36(15-13-35)63-21-5-7-37(32-63)73-45-31-40(55-57-49(45)53)38-8-2-3-10-43(38)66/h2-4,8-15,31,33-34,37,42,66H,5-7,16-30,32H2,1H3,(H2,53,57)(H,54,67,69)/t34?,37-,42?/m0/s1. The molecule has 0 spiro atoms. The van der Waals surface area contributed by atoms with Crippen molar-refractivity contribution in [3.8, 4) is 28.5 Å². The number of amides is 5. The number of nitrogen functional groups attached to an aromatic ring is 1. The maximum atomic E-state index is 13.5. The lowest BCUT2D eigenvalue weighted by molar-refractivity contribution is -0.136. The third-order valence-corrected chi connectivity index (χ3v) is 14.5. The number of imide groups is 2. The summed E-state index contributed by atoms with van der Waals surface area (Å²) in [6, 6.07) is 21.2. The summed E-state index contributed by atoms with van der Waals surface area (Å²) in [5, 5.41) is 29.3. The first-order valence-corrected chi connectivity index (χ1v) is 25.3. The molecule has 2 aromatic heterocycles. The van der Waals surface area contributed by atoms with Crippen molar-refractivity contribution >= 4 is 46.7 Å². The number of aryl methyl sites for hydroxylation is 1. The molecule has 0 aliphatic carbocycles. The Morgan fingerprint density at radius 2 is 1.49 bits per heavy atom. The van der Waals surface area contributed by atoms with Crippen LogP contribution in [0.5, 0.6) is 17.2 Å². The summed E-state index contributed by atoms with van der Waals surface area (Å²) in [5.41, 5.74) is 10.3. The number of carbonyl (C=O) groups is 5. The van der Waals surface area contributed by atoms with Crippen LogP contribution in [-0.2, 0) is 20.9 Å². The van der Waals surface area contributed by atoms with Crippen LogP contribution < -0.4 is 30.3 Å². The summed E-state index contributed by atoms with van der Waals surface area (Å²) in [6.45, 7) is 12.8. The van der Waals surface area contributed by atoms with Gasteiger partial charge in [0.05, 0.1) is 30.4 Å². The lowest BCUT2D eigenvalue weighted by atomic mass is 10.0. The molecule has 5 aromatic rings. The number of rotatable bonds is 16. The number of ether oxygens (including phenoxy) is 2. The Bertz CT molecular complexity index is 2840. The van der Waals surface area contributed by atoms with Crippen molar-refractivity contribution in [3.05, 3.63) is 95.8 Å². The van der Waals surface area contributed by atoms with Crippen LogP contribution >= 0.6 is 0 Å². The number of aromatic hydroxyl groups is 1. The van der Waals surface area contributed by atoms with Gasteiger partial charge in [-0.2, -0.15) is 0 Å². The van der Waals surface area contributed by atoms with Gasteiger partial charge in [0.2, 0.25) is 17.7 Å². The predicted octanol–water partition coefficient (Wildman–Crippen LogP) is 3.36. The maximum absolute atomic E-state index is 13.5. The van der Waals surface area contributed by atoms with Crippen LogP contribution in [0.1, 0.15) is 78.0 Å². The molecular formula is C52H61N13O8. The van der Waals surface area contributed by atoms with Gasteiger partial charge in [0, 0.05) is 94.7 Å². The van der Waals surface area contributed by atoms with Gasteiger partial charge in [-0.3, -0.25) is 48.7 Å². The minimum Gasteiger partial charge on any atom is -0.507 e. The van der Waals surface area contributed by atoms with E-state index in [4.69, 9.17) is 15.2 Å². The smallest absolute Gasteiger partial charge is 0.266 e. The van der Waals surface area contributed by atoms with Gasteiger partial charge in [0.1, 0.15) is 41.1 Å². The number of piperazine rings is 2. The van der Waals surface area contributed by atoms with Crippen LogP contribution in [0.4, 0.5) is 17.2 Å². The molecule has 10 rings (SSSR count). The van der Waals surface area contributed by atoms with Crippen molar-refractivity contribution in [3.63, 3.8) is 0 Å². The summed E-state index contributed by atoms with van der Waals surface area (Å²) in [5.74, 6) is -1.33. The van der Waals surface area contributed by atoms with E-state index in [0.717, 1.165) is 95.3 Å². The molecule has 0 bridgehead atoms. The van der Waals surface area contributed by atoms with E-state index < -0.39 is 35.8 Å². The van der Waals surface area contributed by atoms with Crippen LogP contribution in [0.25, 0.3) is 11.3 Å². The number of phenolic OH excluding ortho intramolecular Hbond substituents is 1. The van der Waals surface area contributed by atoms with Crippen molar-refractivity contribution < 1.29 is 38.6 Å². The number of para-hydroxylation sites is 1. The van der Waals surface area contributed by atoms with E-state index in [0.29, 0.717) is 42.3 Å². The van der Waals surface area contributed by atoms with Crippen LogP contribution in [-0.4, -0.2) is 170 Å². The monoisotopic (exact) mass is 995 g/mol. The van der Waals surface area contributed by atoms with Crippen molar-refractivity contribution in [2.24, 2.45) is 0 Å². The van der Waals surface area contributed by atoms with Gasteiger partial charge in [-0.15, -0.1) is 15.3 Å². The third kappa shape index (κ3) is 10.9. The van der Waals surface area contributed by atoms with Gasteiger partial charge in [-0.05, 0) is 94.2 Å². The fourth-order valence-corrected chi connectivity index (χ4v) is 10.4. The van der Waals surface area contributed by atoms with Crippen LogP contribution in [0.3, 0.4) is 0 Å². The summed E-state index contributed by atoms with van der Waals surface area (Å²) in [6.07, 6.45) is 4.30. The first-order valence-electron chi connectivity index (χ1n) is 25.3. The van der Waals surface area contributed by atoms with E-state index in [-0.39, 0.29) is 59.7 Å². The topological polar surface area (TPSA) is 238 Å². The number of hydrogen-bond acceptors (Lipinski definition) is 17. The number of phenols is 1. The molecule has 0 radical (unpaired) electrons. The number of nitrogens with one attached hydrogen (secondary N) is 1. The molecule has 73 heavy (non-hydrogen) atoms. The Kier molecular flexibility index (Phi) is 14.5.